The van der Waals surface area contributed by atoms with E-state index in [4.69, 9.17) is 17.3 Å². The van der Waals surface area contributed by atoms with Gasteiger partial charge in [-0.1, -0.05) is 29.8 Å². The fourth-order valence-electron chi connectivity index (χ4n) is 2.47. The van der Waals surface area contributed by atoms with E-state index in [0.717, 1.165) is 28.1 Å². The summed E-state index contributed by atoms with van der Waals surface area (Å²) in [6.45, 7) is 1.94. The monoisotopic (exact) mass is 322 g/mol. The van der Waals surface area contributed by atoms with Crippen LogP contribution in [0, 0.1) is 6.92 Å². The third kappa shape index (κ3) is 3.22. The average Bonchev–Trinajstić information content (AvgIpc) is 2.55. The van der Waals surface area contributed by atoms with Gasteiger partial charge in [-0.3, -0.25) is 4.98 Å². The number of halogens is 1. The van der Waals surface area contributed by atoms with Crippen molar-refractivity contribution in [3.63, 3.8) is 0 Å². The maximum Gasteiger partial charge on any atom is 0.153 e. The van der Waals surface area contributed by atoms with Gasteiger partial charge in [0.25, 0.3) is 0 Å². The Kier molecular flexibility index (Phi) is 4.35. The minimum atomic E-state index is 0.585. The predicted octanol–water partition coefficient (Wildman–Crippen LogP) is 4.39. The van der Waals surface area contributed by atoms with Gasteiger partial charge in [-0.15, -0.1) is 0 Å². The van der Waals surface area contributed by atoms with Crippen LogP contribution in [-0.2, 0) is 0 Å². The Morgan fingerprint density at radius 3 is 2.70 bits per heavy atom. The van der Waals surface area contributed by atoms with Gasteiger partial charge >= 0.3 is 0 Å². The highest BCUT2D eigenvalue weighted by Crippen LogP contribution is 2.33. The van der Waals surface area contributed by atoms with Gasteiger partial charge < -0.3 is 5.73 Å². The van der Waals surface area contributed by atoms with Crippen molar-refractivity contribution in [2.45, 2.75) is 6.92 Å². The van der Waals surface area contributed by atoms with Crippen LogP contribution in [-0.4, -0.2) is 16.3 Å². The lowest BCUT2D eigenvalue weighted by atomic mass is 9.98. The topological polar surface area (TPSA) is 64.2 Å². The fourth-order valence-corrected chi connectivity index (χ4v) is 2.66. The SMILES string of the molecule is Cc1nc(N=CN)ccc1-c1cccnc1-c1cccc(Cl)c1. The quantitative estimate of drug-likeness (QED) is 0.574. The normalized spacial score (nSPS) is 11.0. The second kappa shape index (κ2) is 6.58. The molecule has 0 aliphatic rings. The van der Waals surface area contributed by atoms with E-state index < -0.39 is 0 Å². The third-order valence-electron chi connectivity index (χ3n) is 3.47. The predicted molar refractivity (Wildman–Crippen MR) is 95.0 cm³/mol. The van der Waals surface area contributed by atoms with Crippen LogP contribution in [0.25, 0.3) is 22.4 Å². The molecular weight excluding hydrogens is 308 g/mol. The molecule has 0 fully saturated rings. The van der Waals surface area contributed by atoms with E-state index in [2.05, 4.69) is 15.0 Å². The Morgan fingerprint density at radius 2 is 1.96 bits per heavy atom. The van der Waals surface area contributed by atoms with Crippen LogP contribution in [0.2, 0.25) is 5.02 Å². The second-order valence-electron chi connectivity index (χ2n) is 4.99. The maximum absolute atomic E-state index is 6.11. The van der Waals surface area contributed by atoms with Crippen LogP contribution in [0.5, 0.6) is 0 Å². The number of hydrogen-bond donors (Lipinski definition) is 1. The second-order valence-corrected chi connectivity index (χ2v) is 5.43. The van der Waals surface area contributed by atoms with Crippen molar-refractivity contribution in [3.8, 4) is 22.4 Å². The van der Waals surface area contributed by atoms with E-state index >= 15 is 0 Å². The molecule has 0 aliphatic heterocycles. The molecule has 5 heteroatoms. The van der Waals surface area contributed by atoms with Crippen LogP contribution < -0.4 is 5.73 Å². The molecule has 0 amide bonds. The summed E-state index contributed by atoms with van der Waals surface area (Å²) in [5.41, 5.74) is 10.0. The van der Waals surface area contributed by atoms with Crippen molar-refractivity contribution < 1.29 is 0 Å². The van der Waals surface area contributed by atoms with Crippen LogP contribution in [0.3, 0.4) is 0 Å². The van der Waals surface area contributed by atoms with Crippen LogP contribution in [0.4, 0.5) is 5.82 Å². The number of aryl methyl sites for hydroxylation is 1. The van der Waals surface area contributed by atoms with E-state index in [0.29, 0.717) is 10.8 Å². The maximum atomic E-state index is 6.11. The molecule has 2 N–H and O–H groups in total. The summed E-state index contributed by atoms with van der Waals surface area (Å²) < 4.78 is 0. The zero-order chi connectivity index (χ0) is 16.2. The number of pyridine rings is 2. The number of aliphatic imine (C=N–C) groups is 1. The van der Waals surface area contributed by atoms with Gasteiger partial charge in [0.15, 0.2) is 5.82 Å². The Hall–Kier alpha value is -2.72. The lowest BCUT2D eigenvalue weighted by Gasteiger charge is -2.11. The first-order valence-electron chi connectivity index (χ1n) is 7.12. The van der Waals surface area contributed by atoms with E-state index in [1.807, 2.05) is 55.5 Å². The van der Waals surface area contributed by atoms with Crippen molar-refractivity contribution in [1.82, 2.24) is 9.97 Å². The first kappa shape index (κ1) is 15.2. The summed E-state index contributed by atoms with van der Waals surface area (Å²) in [5, 5.41) is 0.682. The van der Waals surface area contributed by atoms with Gasteiger partial charge in [0.2, 0.25) is 0 Å². The van der Waals surface area contributed by atoms with Crippen molar-refractivity contribution in [2.24, 2.45) is 10.7 Å². The van der Waals surface area contributed by atoms with Crippen molar-refractivity contribution in [2.75, 3.05) is 0 Å². The summed E-state index contributed by atoms with van der Waals surface area (Å²) in [6.07, 6.45) is 3.01. The molecule has 0 radical (unpaired) electrons. The Morgan fingerprint density at radius 1 is 1.09 bits per heavy atom. The highest BCUT2D eigenvalue weighted by atomic mass is 35.5. The summed E-state index contributed by atoms with van der Waals surface area (Å²) >= 11 is 6.11. The van der Waals surface area contributed by atoms with E-state index in [1.165, 1.54) is 6.34 Å². The van der Waals surface area contributed by atoms with Gasteiger partial charge in [-0.25, -0.2) is 9.98 Å². The average molecular weight is 323 g/mol. The smallest absolute Gasteiger partial charge is 0.153 e. The highest BCUT2D eigenvalue weighted by Gasteiger charge is 2.12. The number of hydrogen-bond acceptors (Lipinski definition) is 3. The van der Waals surface area contributed by atoms with E-state index in [9.17, 15) is 0 Å². The molecule has 4 nitrogen and oxygen atoms in total. The van der Waals surface area contributed by atoms with Crippen molar-refractivity contribution in [1.29, 1.82) is 0 Å². The molecule has 23 heavy (non-hydrogen) atoms. The van der Waals surface area contributed by atoms with Gasteiger partial charge in [0.1, 0.15) is 0 Å². The first-order valence-corrected chi connectivity index (χ1v) is 7.50. The Balaban J connectivity index is 2.15. The summed E-state index contributed by atoms with van der Waals surface area (Å²) in [5.74, 6) is 0.585. The third-order valence-corrected chi connectivity index (χ3v) is 3.71. The number of rotatable bonds is 3. The minimum absolute atomic E-state index is 0.585. The van der Waals surface area contributed by atoms with E-state index in [-0.39, 0.29) is 0 Å². The molecule has 2 heterocycles. The van der Waals surface area contributed by atoms with Gasteiger partial charge in [-0.2, -0.15) is 0 Å². The molecule has 0 unspecified atom stereocenters. The summed E-state index contributed by atoms with van der Waals surface area (Å²) in [6, 6.07) is 15.4. The van der Waals surface area contributed by atoms with Crippen LogP contribution >= 0.6 is 11.6 Å². The van der Waals surface area contributed by atoms with Gasteiger partial charge in [-0.05, 0) is 37.3 Å². The lowest BCUT2D eigenvalue weighted by molar-refractivity contribution is 1.18. The summed E-state index contributed by atoms with van der Waals surface area (Å²) in [7, 11) is 0. The Labute approximate surface area is 139 Å². The van der Waals surface area contributed by atoms with E-state index in [1.54, 1.807) is 6.20 Å². The highest BCUT2D eigenvalue weighted by molar-refractivity contribution is 6.30. The molecule has 3 rings (SSSR count). The molecular formula is C18H15ClN4. The zero-order valence-corrected chi connectivity index (χ0v) is 13.3. The van der Waals surface area contributed by atoms with Gasteiger partial charge in [0, 0.05) is 33.6 Å². The number of benzene rings is 1. The largest absolute Gasteiger partial charge is 0.390 e. The molecule has 0 saturated heterocycles. The van der Waals surface area contributed by atoms with Crippen molar-refractivity contribution >= 4 is 23.8 Å². The molecule has 2 aromatic heterocycles. The van der Waals surface area contributed by atoms with Crippen LogP contribution in [0.15, 0.2) is 59.7 Å². The molecule has 0 bridgehead atoms. The number of aromatic nitrogens is 2. The van der Waals surface area contributed by atoms with Crippen LogP contribution in [0.1, 0.15) is 5.69 Å². The summed E-state index contributed by atoms with van der Waals surface area (Å²) in [4.78, 5) is 13.0. The molecule has 3 aromatic rings. The Bertz CT molecular complexity index is 874. The number of nitrogens with two attached hydrogens (primary N) is 1. The number of nitrogens with zero attached hydrogens (tertiary/aromatic N) is 3. The van der Waals surface area contributed by atoms with Gasteiger partial charge in [0.05, 0.1) is 12.0 Å². The molecule has 0 saturated carbocycles. The fraction of sp³-hybridized carbons (Fsp3) is 0.0556. The first-order chi connectivity index (χ1) is 11.2. The molecule has 114 valence electrons. The molecule has 0 aliphatic carbocycles. The minimum Gasteiger partial charge on any atom is -0.390 e. The molecule has 1 aromatic carbocycles. The standard InChI is InChI=1S/C18H15ClN4/c1-12-15(7-8-17(23-12)22-11-20)16-6-3-9-21-18(16)13-4-2-5-14(19)10-13/h2-11H,1H3,(H2,20,22,23). The lowest BCUT2D eigenvalue weighted by Crippen LogP contribution is -1.94. The molecule has 0 spiro atoms. The molecule has 0 atom stereocenters. The van der Waals surface area contributed by atoms with Crippen molar-refractivity contribution in [3.05, 3.63) is 65.4 Å². The zero-order valence-electron chi connectivity index (χ0n) is 12.6.